The third-order valence-corrected chi connectivity index (χ3v) is 8.31. The van der Waals surface area contributed by atoms with Gasteiger partial charge in [0.2, 0.25) is 21.7 Å². The maximum Gasteiger partial charge on any atom is 0.243 e. The summed E-state index contributed by atoms with van der Waals surface area (Å²) in [7, 11) is 0.715. The molecule has 0 bridgehead atoms. The van der Waals surface area contributed by atoms with Crippen molar-refractivity contribution in [2.45, 2.75) is 31.1 Å². The van der Waals surface area contributed by atoms with Crippen molar-refractivity contribution in [3.8, 4) is 17.2 Å². The molecular weight excluding hydrogens is 492 g/mol. The van der Waals surface area contributed by atoms with Crippen molar-refractivity contribution >= 4 is 27.5 Å². The molecule has 0 saturated carbocycles. The van der Waals surface area contributed by atoms with Crippen molar-refractivity contribution in [1.82, 2.24) is 9.62 Å². The number of nitrogens with zero attached hydrogens (tertiary/aromatic N) is 1. The Morgan fingerprint density at radius 1 is 1.06 bits per heavy atom. The fourth-order valence-electron chi connectivity index (χ4n) is 4.25. The second-order valence-corrected chi connectivity index (χ2v) is 11.3. The first-order chi connectivity index (χ1) is 16.6. The molecule has 2 aromatic rings. The standard InChI is InChI=1S/C25H33ClN2O6S/c1-16(2)10-11-27-25(29)21-15-28(35(30,31)19-8-6-18(26)7-9-19)14-20(21)17-12-22(32-3)24(34-5)23(13-17)33-4/h6-9,12-13,16,20-21H,10-11,14-15H2,1-5H3,(H,27,29). The van der Waals surface area contributed by atoms with Gasteiger partial charge in [0.15, 0.2) is 11.5 Å². The van der Waals surface area contributed by atoms with Gasteiger partial charge in [-0.1, -0.05) is 25.4 Å². The molecule has 1 N–H and O–H groups in total. The van der Waals surface area contributed by atoms with Gasteiger partial charge in [0.1, 0.15) is 0 Å². The Bertz CT molecular complexity index is 1110. The summed E-state index contributed by atoms with van der Waals surface area (Å²) in [5.74, 6) is 0.571. The molecule has 192 valence electrons. The number of carbonyl (C=O) groups is 1. The second kappa shape index (κ2) is 11.5. The Morgan fingerprint density at radius 3 is 2.17 bits per heavy atom. The molecule has 0 spiro atoms. The number of carbonyl (C=O) groups excluding carboxylic acids is 1. The van der Waals surface area contributed by atoms with Gasteiger partial charge in [-0.05, 0) is 54.3 Å². The van der Waals surface area contributed by atoms with Crippen LogP contribution < -0.4 is 19.5 Å². The molecule has 0 aromatic heterocycles. The predicted molar refractivity (Wildman–Crippen MR) is 135 cm³/mol. The molecule has 2 atom stereocenters. The van der Waals surface area contributed by atoms with E-state index in [0.29, 0.717) is 34.7 Å². The molecule has 1 aliphatic heterocycles. The molecule has 1 amide bonds. The van der Waals surface area contributed by atoms with E-state index in [1.165, 1.54) is 49.9 Å². The number of nitrogens with one attached hydrogen (secondary N) is 1. The van der Waals surface area contributed by atoms with Crippen molar-refractivity contribution in [2.75, 3.05) is 41.0 Å². The average Bonchev–Trinajstić information content (AvgIpc) is 3.29. The molecule has 10 heteroatoms. The number of hydrogen-bond donors (Lipinski definition) is 1. The minimum absolute atomic E-state index is 0.0554. The quantitative estimate of drug-likeness (QED) is 0.506. The SMILES string of the molecule is COc1cc(C2CN(S(=O)(=O)c3ccc(Cl)cc3)CC2C(=O)NCCC(C)C)cc(OC)c1OC. The Labute approximate surface area is 212 Å². The van der Waals surface area contributed by atoms with Crippen LogP contribution in [0.4, 0.5) is 0 Å². The van der Waals surface area contributed by atoms with E-state index >= 15 is 0 Å². The van der Waals surface area contributed by atoms with Gasteiger partial charge < -0.3 is 19.5 Å². The minimum atomic E-state index is -3.83. The maximum atomic E-state index is 13.4. The zero-order chi connectivity index (χ0) is 25.8. The monoisotopic (exact) mass is 524 g/mol. The van der Waals surface area contributed by atoms with E-state index in [2.05, 4.69) is 19.2 Å². The number of amides is 1. The van der Waals surface area contributed by atoms with Crippen LogP contribution in [0.1, 0.15) is 31.7 Å². The highest BCUT2D eigenvalue weighted by molar-refractivity contribution is 7.89. The van der Waals surface area contributed by atoms with Crippen LogP contribution in [0.25, 0.3) is 0 Å². The third-order valence-electron chi connectivity index (χ3n) is 6.21. The zero-order valence-electron chi connectivity index (χ0n) is 20.7. The fourth-order valence-corrected chi connectivity index (χ4v) is 5.87. The lowest BCUT2D eigenvalue weighted by molar-refractivity contribution is -0.124. The molecule has 1 saturated heterocycles. The fraction of sp³-hybridized carbons (Fsp3) is 0.480. The Hall–Kier alpha value is -2.49. The number of halogens is 1. The summed E-state index contributed by atoms with van der Waals surface area (Å²) in [5.41, 5.74) is 0.734. The van der Waals surface area contributed by atoms with Gasteiger partial charge in [-0.3, -0.25) is 4.79 Å². The largest absolute Gasteiger partial charge is 0.493 e. The van der Waals surface area contributed by atoms with E-state index < -0.39 is 21.9 Å². The molecule has 2 unspecified atom stereocenters. The van der Waals surface area contributed by atoms with E-state index in [4.69, 9.17) is 25.8 Å². The van der Waals surface area contributed by atoms with Crippen LogP contribution in [0.3, 0.4) is 0 Å². The third kappa shape index (κ3) is 6.02. The van der Waals surface area contributed by atoms with Crippen LogP contribution in [-0.4, -0.2) is 59.6 Å². The van der Waals surface area contributed by atoms with Crippen LogP contribution in [0.2, 0.25) is 5.02 Å². The molecule has 0 radical (unpaired) electrons. The first-order valence-electron chi connectivity index (χ1n) is 11.5. The van der Waals surface area contributed by atoms with Crippen molar-refractivity contribution < 1.29 is 27.4 Å². The van der Waals surface area contributed by atoms with E-state index in [0.717, 1.165) is 12.0 Å². The molecule has 2 aromatic carbocycles. The molecule has 1 heterocycles. The number of methoxy groups -OCH3 is 3. The summed E-state index contributed by atoms with van der Waals surface area (Å²) < 4.78 is 44.6. The highest BCUT2D eigenvalue weighted by atomic mass is 35.5. The lowest BCUT2D eigenvalue weighted by Gasteiger charge is -2.21. The molecule has 1 fully saturated rings. The van der Waals surface area contributed by atoms with E-state index in [1.54, 1.807) is 12.1 Å². The summed E-state index contributed by atoms with van der Waals surface area (Å²) in [5, 5.41) is 3.44. The Balaban J connectivity index is 1.99. The predicted octanol–water partition coefficient (Wildman–Crippen LogP) is 3.93. The van der Waals surface area contributed by atoms with Crippen LogP contribution >= 0.6 is 11.6 Å². The number of sulfonamides is 1. The highest BCUT2D eigenvalue weighted by Gasteiger charge is 2.44. The first-order valence-corrected chi connectivity index (χ1v) is 13.3. The normalized spacial score (nSPS) is 18.5. The molecule has 0 aliphatic carbocycles. The zero-order valence-corrected chi connectivity index (χ0v) is 22.3. The molecule has 35 heavy (non-hydrogen) atoms. The minimum Gasteiger partial charge on any atom is -0.493 e. The lowest BCUT2D eigenvalue weighted by Crippen LogP contribution is -2.36. The first kappa shape index (κ1) is 27.1. The van der Waals surface area contributed by atoms with Crippen molar-refractivity contribution in [2.24, 2.45) is 11.8 Å². The lowest BCUT2D eigenvalue weighted by atomic mass is 9.87. The second-order valence-electron chi connectivity index (χ2n) is 8.92. The van der Waals surface area contributed by atoms with Crippen LogP contribution in [-0.2, 0) is 14.8 Å². The smallest absolute Gasteiger partial charge is 0.243 e. The molecule has 3 rings (SSSR count). The molecule has 8 nitrogen and oxygen atoms in total. The van der Waals surface area contributed by atoms with Crippen LogP contribution in [0.5, 0.6) is 17.2 Å². The highest BCUT2D eigenvalue weighted by Crippen LogP contribution is 2.44. The van der Waals surface area contributed by atoms with Crippen molar-refractivity contribution in [3.63, 3.8) is 0 Å². The van der Waals surface area contributed by atoms with Gasteiger partial charge in [-0.2, -0.15) is 4.31 Å². The van der Waals surface area contributed by atoms with Gasteiger partial charge in [-0.15, -0.1) is 0 Å². The Morgan fingerprint density at radius 2 is 1.66 bits per heavy atom. The Kier molecular flexibility index (Phi) is 8.90. The van der Waals surface area contributed by atoms with Gasteiger partial charge in [0.05, 0.1) is 32.1 Å². The van der Waals surface area contributed by atoms with E-state index in [-0.39, 0.29) is 23.9 Å². The van der Waals surface area contributed by atoms with Crippen LogP contribution in [0.15, 0.2) is 41.3 Å². The summed E-state index contributed by atoms with van der Waals surface area (Å²) in [6.45, 7) is 4.88. The van der Waals surface area contributed by atoms with Crippen molar-refractivity contribution in [1.29, 1.82) is 0 Å². The maximum absolute atomic E-state index is 13.4. The number of rotatable bonds is 10. The van der Waals surface area contributed by atoms with E-state index in [9.17, 15) is 13.2 Å². The van der Waals surface area contributed by atoms with Gasteiger partial charge in [0, 0.05) is 30.6 Å². The average molecular weight is 525 g/mol. The van der Waals surface area contributed by atoms with E-state index in [1.807, 2.05) is 0 Å². The van der Waals surface area contributed by atoms with Gasteiger partial charge in [-0.25, -0.2) is 8.42 Å². The van der Waals surface area contributed by atoms with Gasteiger partial charge in [0.25, 0.3) is 0 Å². The number of ether oxygens (including phenoxy) is 3. The summed E-state index contributed by atoms with van der Waals surface area (Å²) in [6.07, 6.45) is 0.833. The number of hydrogen-bond acceptors (Lipinski definition) is 6. The van der Waals surface area contributed by atoms with Gasteiger partial charge >= 0.3 is 0 Å². The molecular formula is C25H33ClN2O6S. The van der Waals surface area contributed by atoms with Crippen LogP contribution in [0, 0.1) is 11.8 Å². The summed E-state index contributed by atoms with van der Waals surface area (Å²) in [6, 6.07) is 9.58. The van der Waals surface area contributed by atoms with Crippen molar-refractivity contribution in [3.05, 3.63) is 47.0 Å². The summed E-state index contributed by atoms with van der Waals surface area (Å²) >= 11 is 5.95. The molecule has 1 aliphatic rings. The summed E-state index contributed by atoms with van der Waals surface area (Å²) in [4.78, 5) is 13.4. The topological polar surface area (TPSA) is 94.2 Å². The number of benzene rings is 2.